The number of halogens is 2. The molecular formula is C26H18F2N2O5. The van der Waals surface area contributed by atoms with Crippen LogP contribution in [0.3, 0.4) is 0 Å². The summed E-state index contributed by atoms with van der Waals surface area (Å²) in [5.41, 5.74) is -3.28. The van der Waals surface area contributed by atoms with Crippen molar-refractivity contribution in [2.75, 3.05) is 0 Å². The lowest BCUT2D eigenvalue weighted by molar-refractivity contribution is -0.148. The van der Waals surface area contributed by atoms with E-state index in [9.17, 15) is 32.8 Å². The summed E-state index contributed by atoms with van der Waals surface area (Å²) in [4.78, 5) is 67.5. The van der Waals surface area contributed by atoms with Gasteiger partial charge in [0.1, 0.15) is 11.6 Å². The van der Waals surface area contributed by atoms with Crippen molar-refractivity contribution in [1.82, 2.24) is 9.80 Å². The van der Waals surface area contributed by atoms with Crippen molar-refractivity contribution < 1.29 is 32.8 Å². The quantitative estimate of drug-likeness (QED) is 0.418. The van der Waals surface area contributed by atoms with Gasteiger partial charge in [0.15, 0.2) is 5.41 Å². The van der Waals surface area contributed by atoms with Crippen molar-refractivity contribution in [1.29, 1.82) is 0 Å². The summed E-state index contributed by atoms with van der Waals surface area (Å²) in [6, 6.07) is 15.3. The second kappa shape index (κ2) is 9.02. The minimum Gasteiger partial charge on any atom is -0.272 e. The SMILES string of the molecule is CCC1(c2ccccc2)C(=O)N(C(=O)c2ccccc2F)C(=O)N(C(=O)c2ccccc2F)C1=O. The molecule has 0 bridgehead atoms. The molecule has 1 saturated heterocycles. The van der Waals surface area contributed by atoms with Gasteiger partial charge in [-0.3, -0.25) is 19.2 Å². The van der Waals surface area contributed by atoms with Crippen molar-refractivity contribution in [3.05, 3.63) is 107 Å². The van der Waals surface area contributed by atoms with E-state index in [1.165, 1.54) is 55.5 Å². The van der Waals surface area contributed by atoms with Gasteiger partial charge in [0.05, 0.1) is 11.1 Å². The van der Waals surface area contributed by atoms with Gasteiger partial charge < -0.3 is 0 Å². The first-order chi connectivity index (χ1) is 16.8. The Balaban J connectivity index is 1.95. The van der Waals surface area contributed by atoms with E-state index in [1.807, 2.05) is 0 Å². The largest absolute Gasteiger partial charge is 0.347 e. The number of hydrogen-bond donors (Lipinski definition) is 0. The van der Waals surface area contributed by atoms with Gasteiger partial charge in [0, 0.05) is 0 Å². The summed E-state index contributed by atoms with van der Waals surface area (Å²) >= 11 is 0. The number of carbonyl (C=O) groups excluding carboxylic acids is 5. The number of hydrogen-bond acceptors (Lipinski definition) is 5. The summed E-state index contributed by atoms with van der Waals surface area (Å²) < 4.78 is 28.9. The molecule has 35 heavy (non-hydrogen) atoms. The van der Waals surface area contributed by atoms with Crippen LogP contribution >= 0.6 is 0 Å². The molecule has 3 aromatic rings. The Hall–Kier alpha value is -4.53. The zero-order valence-corrected chi connectivity index (χ0v) is 18.4. The van der Waals surface area contributed by atoms with E-state index < -0.39 is 57.8 Å². The smallest absolute Gasteiger partial charge is 0.272 e. The van der Waals surface area contributed by atoms with E-state index in [-0.39, 0.29) is 21.8 Å². The van der Waals surface area contributed by atoms with Crippen molar-refractivity contribution in [2.45, 2.75) is 18.8 Å². The molecule has 0 spiro atoms. The maximum absolute atomic E-state index is 14.4. The lowest BCUT2D eigenvalue weighted by atomic mass is 9.74. The highest BCUT2D eigenvalue weighted by atomic mass is 19.1. The Bertz CT molecular complexity index is 1290. The normalized spacial score (nSPS) is 15.3. The molecule has 176 valence electrons. The highest BCUT2D eigenvalue weighted by Crippen LogP contribution is 2.38. The molecule has 7 nitrogen and oxygen atoms in total. The first-order valence-corrected chi connectivity index (χ1v) is 10.6. The van der Waals surface area contributed by atoms with Crippen molar-refractivity contribution in [2.24, 2.45) is 0 Å². The molecule has 4 rings (SSSR count). The molecule has 1 heterocycles. The van der Waals surface area contributed by atoms with Crippen LogP contribution in [0.2, 0.25) is 0 Å². The Kier molecular flexibility index (Phi) is 6.09. The predicted molar refractivity (Wildman–Crippen MR) is 119 cm³/mol. The highest BCUT2D eigenvalue weighted by molar-refractivity contribution is 6.35. The third-order valence-electron chi connectivity index (χ3n) is 5.93. The second-order valence-electron chi connectivity index (χ2n) is 7.76. The van der Waals surface area contributed by atoms with E-state index in [0.29, 0.717) is 0 Å². The Labute approximate surface area is 198 Å². The van der Waals surface area contributed by atoms with Crippen LogP contribution in [0.1, 0.15) is 39.6 Å². The standard InChI is InChI=1S/C26H18F2N2O5/c1-2-26(16-10-4-3-5-11-16)23(33)29(21(31)17-12-6-8-14-19(17)27)25(35)30(24(26)34)22(32)18-13-7-9-15-20(18)28/h3-15H,2H2,1H3. The highest BCUT2D eigenvalue weighted by Gasteiger charge is 2.61. The maximum Gasteiger partial charge on any atom is 0.347 e. The zero-order valence-electron chi connectivity index (χ0n) is 18.4. The summed E-state index contributed by atoms with van der Waals surface area (Å²) in [6.07, 6.45) is -0.246. The molecule has 0 aliphatic carbocycles. The van der Waals surface area contributed by atoms with E-state index in [4.69, 9.17) is 0 Å². The van der Waals surface area contributed by atoms with Gasteiger partial charge in [-0.15, -0.1) is 0 Å². The molecule has 9 heteroatoms. The van der Waals surface area contributed by atoms with Crippen LogP contribution in [0, 0.1) is 11.6 Å². The van der Waals surface area contributed by atoms with Gasteiger partial charge in [-0.05, 0) is 36.2 Å². The average Bonchev–Trinajstić information content (AvgIpc) is 2.85. The molecule has 0 radical (unpaired) electrons. The molecule has 3 aromatic carbocycles. The summed E-state index contributed by atoms with van der Waals surface area (Å²) in [7, 11) is 0. The summed E-state index contributed by atoms with van der Waals surface area (Å²) in [6.45, 7) is 1.47. The lowest BCUT2D eigenvalue weighted by Crippen LogP contribution is -2.69. The molecule has 0 aromatic heterocycles. The molecule has 1 aliphatic rings. The molecule has 6 amide bonds. The van der Waals surface area contributed by atoms with Crippen LogP contribution in [0.15, 0.2) is 78.9 Å². The van der Waals surface area contributed by atoms with Gasteiger partial charge in [-0.25, -0.2) is 13.6 Å². The number of nitrogens with zero attached hydrogens (tertiary/aromatic N) is 2. The van der Waals surface area contributed by atoms with Gasteiger partial charge in [-0.1, -0.05) is 61.5 Å². The summed E-state index contributed by atoms with van der Waals surface area (Å²) in [5.74, 6) is -7.19. The van der Waals surface area contributed by atoms with E-state index in [1.54, 1.807) is 6.07 Å². The van der Waals surface area contributed by atoms with E-state index in [0.717, 1.165) is 24.3 Å². The Morgan fingerprint density at radius 3 is 1.49 bits per heavy atom. The van der Waals surface area contributed by atoms with Crippen LogP contribution in [0.5, 0.6) is 0 Å². The number of rotatable bonds is 4. The second-order valence-corrected chi connectivity index (χ2v) is 7.76. The van der Waals surface area contributed by atoms with Crippen molar-refractivity contribution >= 4 is 29.7 Å². The number of benzene rings is 3. The van der Waals surface area contributed by atoms with Gasteiger partial charge in [0.2, 0.25) is 0 Å². The fourth-order valence-electron chi connectivity index (χ4n) is 4.09. The molecule has 1 aliphatic heterocycles. The van der Waals surface area contributed by atoms with Crippen LogP contribution in [-0.4, -0.2) is 39.5 Å². The first kappa shape index (κ1) is 23.6. The fraction of sp³-hybridized carbons (Fsp3) is 0.115. The predicted octanol–water partition coefficient (Wildman–Crippen LogP) is 4.08. The average molecular weight is 476 g/mol. The molecule has 1 fully saturated rings. The molecular weight excluding hydrogens is 458 g/mol. The zero-order chi connectivity index (χ0) is 25.3. The fourth-order valence-corrected chi connectivity index (χ4v) is 4.09. The van der Waals surface area contributed by atoms with Gasteiger partial charge in [0.25, 0.3) is 23.6 Å². The number of amides is 6. The molecule has 0 unspecified atom stereocenters. The van der Waals surface area contributed by atoms with Crippen molar-refractivity contribution in [3.8, 4) is 0 Å². The third-order valence-corrected chi connectivity index (χ3v) is 5.93. The summed E-state index contributed by atoms with van der Waals surface area (Å²) in [5, 5.41) is 0. The molecule has 0 atom stereocenters. The topological polar surface area (TPSA) is 91.8 Å². The van der Waals surface area contributed by atoms with Crippen LogP contribution < -0.4 is 0 Å². The number of imide groups is 6. The Morgan fingerprint density at radius 1 is 0.686 bits per heavy atom. The van der Waals surface area contributed by atoms with E-state index in [2.05, 4.69) is 0 Å². The number of barbiturate groups is 1. The first-order valence-electron chi connectivity index (χ1n) is 10.6. The molecule has 0 saturated carbocycles. The van der Waals surface area contributed by atoms with E-state index >= 15 is 0 Å². The Morgan fingerprint density at radius 2 is 1.09 bits per heavy atom. The number of urea groups is 1. The minimum atomic E-state index is -2.17. The van der Waals surface area contributed by atoms with Crippen LogP contribution in [0.4, 0.5) is 13.6 Å². The van der Waals surface area contributed by atoms with Gasteiger partial charge in [-0.2, -0.15) is 9.80 Å². The maximum atomic E-state index is 14.4. The monoisotopic (exact) mass is 476 g/mol. The van der Waals surface area contributed by atoms with Crippen LogP contribution in [-0.2, 0) is 15.0 Å². The number of carbonyl (C=O) groups is 5. The molecule has 0 N–H and O–H groups in total. The lowest BCUT2D eigenvalue weighted by Gasteiger charge is -2.42. The van der Waals surface area contributed by atoms with Crippen molar-refractivity contribution in [3.63, 3.8) is 0 Å². The van der Waals surface area contributed by atoms with Crippen LogP contribution in [0.25, 0.3) is 0 Å². The minimum absolute atomic E-state index is 0.0784. The third kappa shape index (κ3) is 3.61. The van der Waals surface area contributed by atoms with Gasteiger partial charge >= 0.3 is 6.03 Å².